The number of hydrogen-bond donors (Lipinski definition) is 1. The minimum Gasteiger partial charge on any atom is -0.482 e. The zero-order valence-electron chi connectivity index (χ0n) is 12.3. The van der Waals surface area contributed by atoms with E-state index in [0.29, 0.717) is 12.0 Å². The van der Waals surface area contributed by atoms with Gasteiger partial charge in [0.25, 0.3) is 0 Å². The summed E-state index contributed by atoms with van der Waals surface area (Å²) in [4.78, 5) is 10.7. The summed E-state index contributed by atoms with van der Waals surface area (Å²) in [6.45, 7) is 3.27. The lowest BCUT2D eigenvalue weighted by Gasteiger charge is -2.14. The van der Waals surface area contributed by atoms with Gasteiger partial charge in [-0.1, -0.05) is 12.1 Å². The molecule has 128 valence electrons. The topological polar surface area (TPSA) is 68.9 Å². The number of rotatable bonds is 7. The molecule has 0 aliphatic heterocycles. The van der Waals surface area contributed by atoms with E-state index in [2.05, 4.69) is 11.3 Å². The molecule has 0 saturated carbocycles. The summed E-state index contributed by atoms with van der Waals surface area (Å²) in [5.41, 5.74) is 0.572. The average Bonchev–Trinajstić information content (AvgIpc) is 2.94. The number of hydrogen-bond acceptors (Lipinski definition) is 4. The highest BCUT2D eigenvalue weighted by Gasteiger charge is 2.32. The van der Waals surface area contributed by atoms with Crippen LogP contribution in [0.2, 0.25) is 0 Å². The molecule has 0 amide bonds. The molecule has 0 aliphatic carbocycles. The average molecular weight is 342 g/mol. The lowest BCUT2D eigenvalue weighted by molar-refractivity contribution is -0.275. The Labute approximate surface area is 134 Å². The zero-order valence-corrected chi connectivity index (χ0v) is 12.3. The first-order valence-electron chi connectivity index (χ1n) is 6.73. The Morgan fingerprint density at radius 2 is 2.00 bits per heavy atom. The molecule has 0 bridgehead atoms. The number of allylic oxidation sites excluding steroid dienone is 1. The molecule has 0 aliphatic rings. The quantitative estimate of drug-likeness (QED) is 0.764. The van der Waals surface area contributed by atoms with Crippen molar-refractivity contribution in [2.24, 2.45) is 0 Å². The van der Waals surface area contributed by atoms with Crippen LogP contribution in [0.1, 0.15) is 21.9 Å². The molecule has 0 unspecified atom stereocenters. The number of carboxylic acids is 1. The van der Waals surface area contributed by atoms with E-state index >= 15 is 0 Å². The van der Waals surface area contributed by atoms with Gasteiger partial charge in [-0.2, -0.15) is 0 Å². The minimum absolute atomic E-state index is 0.145. The molecule has 0 fully saturated rings. The van der Waals surface area contributed by atoms with Gasteiger partial charge in [-0.25, -0.2) is 4.79 Å². The van der Waals surface area contributed by atoms with Crippen molar-refractivity contribution in [3.8, 4) is 11.5 Å². The Balaban J connectivity index is 2.17. The molecule has 1 N–H and O–H groups in total. The Hall–Kier alpha value is -2.90. The minimum atomic E-state index is -4.87. The van der Waals surface area contributed by atoms with Gasteiger partial charge in [0.2, 0.25) is 5.76 Å². The van der Waals surface area contributed by atoms with Gasteiger partial charge >= 0.3 is 12.3 Å². The molecule has 1 aromatic heterocycles. The maximum atomic E-state index is 12.5. The predicted octanol–water partition coefficient (Wildman–Crippen LogP) is 4.18. The second-order valence-electron chi connectivity index (χ2n) is 4.68. The van der Waals surface area contributed by atoms with Crippen LogP contribution in [0.15, 0.2) is 47.4 Å². The molecule has 0 spiro atoms. The van der Waals surface area contributed by atoms with Gasteiger partial charge in [0.15, 0.2) is 11.5 Å². The highest BCUT2D eigenvalue weighted by Crippen LogP contribution is 2.34. The lowest BCUT2D eigenvalue weighted by Crippen LogP contribution is -2.18. The molecular weight excluding hydrogens is 329 g/mol. The summed E-state index contributed by atoms with van der Waals surface area (Å²) in [5.74, 6) is -2.03. The van der Waals surface area contributed by atoms with Gasteiger partial charge < -0.3 is 19.0 Å². The van der Waals surface area contributed by atoms with Crippen molar-refractivity contribution >= 4 is 5.97 Å². The molecule has 0 saturated heterocycles. The van der Waals surface area contributed by atoms with Gasteiger partial charge in [0.05, 0.1) is 0 Å². The number of carbonyl (C=O) groups is 1. The number of alkyl halides is 3. The van der Waals surface area contributed by atoms with E-state index in [-0.39, 0.29) is 23.9 Å². The largest absolute Gasteiger partial charge is 0.573 e. The van der Waals surface area contributed by atoms with Crippen LogP contribution in [-0.4, -0.2) is 17.4 Å². The zero-order chi connectivity index (χ0) is 17.7. The summed E-state index contributed by atoms with van der Waals surface area (Å²) in [5, 5.41) is 8.75. The normalized spacial score (nSPS) is 11.1. The highest BCUT2D eigenvalue weighted by atomic mass is 19.4. The second kappa shape index (κ2) is 7.12. The van der Waals surface area contributed by atoms with Crippen LogP contribution >= 0.6 is 0 Å². The van der Waals surface area contributed by atoms with E-state index in [4.69, 9.17) is 14.3 Å². The molecule has 1 heterocycles. The summed E-state index contributed by atoms with van der Waals surface area (Å²) >= 11 is 0. The molecule has 5 nitrogen and oxygen atoms in total. The van der Waals surface area contributed by atoms with Gasteiger partial charge in [-0.05, 0) is 36.2 Å². The molecular formula is C16H13F3O5. The van der Waals surface area contributed by atoms with Crippen molar-refractivity contribution in [2.45, 2.75) is 19.4 Å². The van der Waals surface area contributed by atoms with Crippen molar-refractivity contribution < 1.29 is 37.0 Å². The Morgan fingerprint density at radius 1 is 1.25 bits per heavy atom. The van der Waals surface area contributed by atoms with Gasteiger partial charge in [0.1, 0.15) is 12.4 Å². The van der Waals surface area contributed by atoms with E-state index in [1.54, 1.807) is 12.1 Å². The molecule has 0 radical (unpaired) electrons. The number of carboxylic acid groups (broad SMARTS) is 1. The second-order valence-corrected chi connectivity index (χ2v) is 4.68. The molecule has 24 heavy (non-hydrogen) atoms. The molecule has 8 heteroatoms. The Bertz CT molecular complexity index is 734. The Kier molecular flexibility index (Phi) is 5.18. The monoisotopic (exact) mass is 342 g/mol. The fraction of sp³-hybridized carbons (Fsp3) is 0.188. The summed E-state index contributed by atoms with van der Waals surface area (Å²) in [6, 6.07) is 6.70. The van der Waals surface area contributed by atoms with E-state index in [1.807, 2.05) is 0 Å². The summed E-state index contributed by atoms with van der Waals surface area (Å²) < 4.78 is 51.7. The van der Waals surface area contributed by atoms with Gasteiger partial charge in [0, 0.05) is 0 Å². The number of ether oxygens (including phenoxy) is 2. The van der Waals surface area contributed by atoms with E-state index < -0.39 is 18.1 Å². The Morgan fingerprint density at radius 3 is 2.58 bits per heavy atom. The third-order valence-corrected chi connectivity index (χ3v) is 2.86. The summed E-state index contributed by atoms with van der Waals surface area (Å²) in [6.07, 6.45) is -2.95. The van der Waals surface area contributed by atoms with E-state index in [9.17, 15) is 18.0 Å². The number of aromatic carboxylic acids is 1. The van der Waals surface area contributed by atoms with E-state index in [1.165, 1.54) is 24.3 Å². The molecule has 1 aromatic carbocycles. The first kappa shape index (κ1) is 17.5. The van der Waals surface area contributed by atoms with Crippen molar-refractivity contribution in [3.05, 3.63) is 60.1 Å². The van der Waals surface area contributed by atoms with Crippen molar-refractivity contribution in [2.75, 3.05) is 0 Å². The predicted molar refractivity (Wildman–Crippen MR) is 77.0 cm³/mol. The fourth-order valence-electron chi connectivity index (χ4n) is 1.89. The first-order chi connectivity index (χ1) is 11.3. The van der Waals surface area contributed by atoms with Crippen LogP contribution in [0.25, 0.3) is 0 Å². The molecule has 0 atom stereocenters. The van der Waals surface area contributed by atoms with Crippen molar-refractivity contribution in [1.82, 2.24) is 0 Å². The van der Waals surface area contributed by atoms with Crippen LogP contribution in [0, 0.1) is 0 Å². The van der Waals surface area contributed by atoms with Crippen LogP contribution in [-0.2, 0) is 13.0 Å². The van der Waals surface area contributed by atoms with Gasteiger partial charge in [-0.3, -0.25) is 0 Å². The number of halogens is 3. The number of benzene rings is 1. The molecule has 2 rings (SSSR count). The van der Waals surface area contributed by atoms with Gasteiger partial charge in [-0.15, -0.1) is 19.8 Å². The van der Waals surface area contributed by atoms with Crippen LogP contribution in [0.5, 0.6) is 11.5 Å². The lowest BCUT2D eigenvalue weighted by atomic mass is 10.1. The molecule has 2 aromatic rings. The van der Waals surface area contributed by atoms with Crippen molar-refractivity contribution in [1.29, 1.82) is 0 Å². The fourth-order valence-corrected chi connectivity index (χ4v) is 1.89. The number of furan rings is 1. The summed E-state index contributed by atoms with van der Waals surface area (Å²) in [7, 11) is 0. The SMILES string of the molecule is C=CCc1ccc(OCc2ccc(C(=O)O)o2)c(OC(F)(F)F)c1. The maximum absolute atomic E-state index is 12.5. The van der Waals surface area contributed by atoms with Crippen LogP contribution in [0.4, 0.5) is 13.2 Å². The van der Waals surface area contributed by atoms with Crippen molar-refractivity contribution in [3.63, 3.8) is 0 Å². The third kappa shape index (κ3) is 4.80. The maximum Gasteiger partial charge on any atom is 0.573 e. The van der Waals surface area contributed by atoms with E-state index in [0.717, 1.165) is 0 Å². The standard InChI is InChI=1S/C16H13F3O5/c1-2-3-10-4-6-12(14(8-10)24-16(17,18)19)22-9-11-5-7-13(23-11)15(20)21/h2,4-8H,1,3,9H2,(H,20,21). The van der Waals surface area contributed by atoms with Crippen LogP contribution < -0.4 is 9.47 Å². The van der Waals surface area contributed by atoms with Crippen LogP contribution in [0.3, 0.4) is 0 Å². The highest BCUT2D eigenvalue weighted by molar-refractivity contribution is 5.84. The third-order valence-electron chi connectivity index (χ3n) is 2.86. The smallest absolute Gasteiger partial charge is 0.482 e. The first-order valence-corrected chi connectivity index (χ1v) is 6.73.